The summed E-state index contributed by atoms with van der Waals surface area (Å²) in [5, 5.41) is 0.966. The van der Waals surface area contributed by atoms with E-state index >= 15 is 0 Å². The molecule has 38 heavy (non-hydrogen) atoms. The second-order valence-corrected chi connectivity index (χ2v) is 14.8. The van der Waals surface area contributed by atoms with Crippen molar-refractivity contribution in [3.63, 3.8) is 0 Å². The smallest absolute Gasteiger partial charge is 0.240 e. The molecule has 0 unspecified atom stereocenters. The van der Waals surface area contributed by atoms with Gasteiger partial charge in [0, 0.05) is 25.7 Å². The van der Waals surface area contributed by atoms with E-state index in [1.807, 2.05) is 36.9 Å². The zero-order chi connectivity index (χ0) is 26.4. The van der Waals surface area contributed by atoms with Crippen LogP contribution in [0.4, 0.5) is 0 Å². The summed E-state index contributed by atoms with van der Waals surface area (Å²) < 4.78 is 12.6. The third-order valence-electron chi connectivity index (χ3n) is 8.58. The molecule has 3 aliphatic rings. The van der Waals surface area contributed by atoms with Crippen molar-refractivity contribution >= 4 is 13.7 Å². The lowest BCUT2D eigenvalue weighted by Crippen LogP contribution is -2.53. The predicted molar refractivity (Wildman–Crippen MR) is 151 cm³/mol. The van der Waals surface area contributed by atoms with Gasteiger partial charge in [0.2, 0.25) is 11.6 Å². The Hall–Kier alpha value is -0.803. The Morgan fingerprint density at radius 1 is 0.447 bits per heavy atom. The molecule has 1 aliphatic heterocycles. The molecule has 0 aromatic heterocycles. The Labute approximate surface area is 232 Å². The van der Waals surface area contributed by atoms with E-state index in [1.54, 1.807) is 0 Å². The number of hydrogen-bond acceptors (Lipinski definition) is 6. The van der Waals surface area contributed by atoms with Crippen LogP contribution < -0.4 is 5.19 Å². The largest absolute Gasteiger partial charge is 0.437 e. The third kappa shape index (κ3) is 9.39. The van der Waals surface area contributed by atoms with Crippen molar-refractivity contribution < 1.29 is 28.7 Å². The molecule has 6 nitrogen and oxygen atoms in total. The van der Waals surface area contributed by atoms with Crippen LogP contribution >= 0.6 is 0 Å². The second kappa shape index (κ2) is 15.8. The first-order valence-corrected chi connectivity index (χ1v) is 18.1. The molecule has 2 spiro atoms. The summed E-state index contributed by atoms with van der Waals surface area (Å²) in [6, 6.07) is 10.1. The molecule has 0 amide bonds. The molecule has 2 saturated carbocycles. The van der Waals surface area contributed by atoms with Crippen LogP contribution in [-0.4, -0.2) is 20.1 Å². The summed E-state index contributed by atoms with van der Waals surface area (Å²) in [7, 11) is -3.09. The Morgan fingerprint density at radius 3 is 1.11 bits per heavy atom. The van der Waals surface area contributed by atoms with Crippen LogP contribution in [0.25, 0.3) is 0 Å². The van der Waals surface area contributed by atoms with E-state index in [0.717, 1.165) is 56.6 Å². The molecular weight excluding hydrogens is 496 g/mol. The van der Waals surface area contributed by atoms with Crippen LogP contribution in [0.15, 0.2) is 30.3 Å². The molecular formula is C31H52O6Si. The Morgan fingerprint density at radius 2 is 0.763 bits per heavy atom. The van der Waals surface area contributed by atoms with Gasteiger partial charge in [-0.05, 0) is 37.4 Å². The predicted octanol–water partition coefficient (Wildman–Crippen LogP) is 8.83. The van der Waals surface area contributed by atoms with Crippen molar-refractivity contribution in [2.24, 2.45) is 0 Å². The van der Waals surface area contributed by atoms with Gasteiger partial charge in [0.25, 0.3) is 0 Å². The Kier molecular flexibility index (Phi) is 12.6. The van der Waals surface area contributed by atoms with Gasteiger partial charge < -0.3 is 0 Å². The van der Waals surface area contributed by atoms with Gasteiger partial charge in [0.1, 0.15) is 0 Å². The zero-order valence-electron chi connectivity index (χ0n) is 23.9. The van der Waals surface area contributed by atoms with Gasteiger partial charge in [0.05, 0.1) is 0 Å². The standard InChI is InChI=1S/C31H52O6Si/c1-38(29-23-17-16-18-24-29)36-34-30(25-19-12-8-4-2-5-9-13-20-26-30)32-33-31(35-37-38)27-21-14-10-6-3-7-11-15-22-28-31/h16-18,23-24H,2-15,19-22,25-28H2,1H3. The number of benzene rings is 1. The van der Waals surface area contributed by atoms with E-state index in [-0.39, 0.29) is 0 Å². The van der Waals surface area contributed by atoms with Gasteiger partial charge in [0.15, 0.2) is 0 Å². The fourth-order valence-corrected chi connectivity index (χ4v) is 7.62. The number of rotatable bonds is 1. The van der Waals surface area contributed by atoms with Crippen molar-refractivity contribution in [3.8, 4) is 0 Å². The molecule has 0 radical (unpaired) electrons. The van der Waals surface area contributed by atoms with Crippen LogP contribution in [0.2, 0.25) is 6.55 Å². The average molecular weight is 549 g/mol. The molecule has 0 N–H and O–H groups in total. The summed E-state index contributed by atoms with van der Waals surface area (Å²) in [5.41, 5.74) is 0. The zero-order valence-corrected chi connectivity index (χ0v) is 24.9. The number of hydrogen-bond donors (Lipinski definition) is 0. The van der Waals surface area contributed by atoms with Crippen LogP contribution in [-0.2, 0) is 28.7 Å². The Bertz CT molecular complexity index is 709. The van der Waals surface area contributed by atoms with Crippen LogP contribution in [0.3, 0.4) is 0 Å². The fourth-order valence-electron chi connectivity index (χ4n) is 5.98. The molecule has 0 bridgehead atoms. The van der Waals surface area contributed by atoms with E-state index < -0.39 is 20.1 Å². The first-order valence-electron chi connectivity index (χ1n) is 15.8. The van der Waals surface area contributed by atoms with Gasteiger partial charge >= 0.3 is 8.56 Å². The topological polar surface area (TPSA) is 55.4 Å². The third-order valence-corrected chi connectivity index (χ3v) is 10.8. The molecule has 216 valence electrons. The van der Waals surface area contributed by atoms with E-state index in [1.165, 1.54) is 89.9 Å². The molecule has 1 aromatic carbocycles. The lowest BCUT2D eigenvalue weighted by atomic mass is 9.97. The van der Waals surface area contributed by atoms with Gasteiger partial charge in [-0.2, -0.15) is 9.78 Å². The minimum absolute atomic E-state index is 0.738. The molecule has 4 rings (SSSR count). The average Bonchev–Trinajstić information content (AvgIpc) is 2.98. The summed E-state index contributed by atoms with van der Waals surface area (Å²) in [4.78, 5) is 25.5. The molecule has 3 fully saturated rings. The van der Waals surface area contributed by atoms with Crippen molar-refractivity contribution in [3.05, 3.63) is 30.3 Å². The van der Waals surface area contributed by atoms with Gasteiger partial charge in [-0.3, -0.25) is 0 Å². The molecule has 0 atom stereocenters. The maximum absolute atomic E-state index is 6.41. The van der Waals surface area contributed by atoms with E-state index in [0.29, 0.717) is 0 Å². The van der Waals surface area contributed by atoms with Crippen LogP contribution in [0.5, 0.6) is 0 Å². The van der Waals surface area contributed by atoms with Gasteiger partial charge in [-0.25, -0.2) is 18.9 Å². The highest BCUT2D eigenvalue weighted by molar-refractivity contribution is 6.79. The Balaban J connectivity index is 1.60. The molecule has 1 heterocycles. The first-order chi connectivity index (χ1) is 18.6. The minimum Gasteiger partial charge on any atom is -0.240 e. The van der Waals surface area contributed by atoms with Gasteiger partial charge in [-0.1, -0.05) is 120 Å². The van der Waals surface area contributed by atoms with Crippen LogP contribution in [0.1, 0.15) is 141 Å². The highest BCUT2D eigenvalue weighted by Crippen LogP contribution is 2.38. The lowest BCUT2D eigenvalue weighted by molar-refractivity contribution is -0.552. The van der Waals surface area contributed by atoms with Crippen molar-refractivity contribution in [1.29, 1.82) is 0 Å². The van der Waals surface area contributed by atoms with Crippen molar-refractivity contribution in [2.45, 2.75) is 159 Å². The lowest BCUT2D eigenvalue weighted by Gasteiger charge is -2.35. The highest BCUT2D eigenvalue weighted by atomic mass is 28.4. The maximum Gasteiger partial charge on any atom is 0.437 e. The van der Waals surface area contributed by atoms with Gasteiger partial charge in [-0.15, -0.1) is 0 Å². The summed E-state index contributed by atoms with van der Waals surface area (Å²) >= 11 is 0. The monoisotopic (exact) mass is 548 g/mol. The highest BCUT2D eigenvalue weighted by Gasteiger charge is 2.49. The van der Waals surface area contributed by atoms with Crippen LogP contribution in [0, 0.1) is 0 Å². The summed E-state index contributed by atoms with van der Waals surface area (Å²) in [6.07, 6.45) is 24.7. The molecule has 1 aromatic rings. The van der Waals surface area contributed by atoms with E-state index in [4.69, 9.17) is 28.7 Å². The summed E-state index contributed by atoms with van der Waals surface area (Å²) in [6.45, 7) is 2.00. The molecule has 2 aliphatic carbocycles. The quantitative estimate of drug-likeness (QED) is 0.258. The summed E-state index contributed by atoms with van der Waals surface area (Å²) in [5.74, 6) is -1.92. The molecule has 1 saturated heterocycles. The second-order valence-electron chi connectivity index (χ2n) is 12.0. The molecule has 7 heteroatoms. The van der Waals surface area contributed by atoms with Crippen molar-refractivity contribution in [2.75, 3.05) is 0 Å². The first kappa shape index (κ1) is 30.2. The van der Waals surface area contributed by atoms with E-state index in [2.05, 4.69) is 0 Å². The SMILES string of the molecule is C[Si]1(c2ccccc2)OOC2(CCCCCCCCCCC2)OOC2(CCCCCCCCCCC2)OO1. The maximum atomic E-state index is 6.41. The normalized spacial score (nSPS) is 29.4. The van der Waals surface area contributed by atoms with E-state index in [9.17, 15) is 0 Å². The fraction of sp³-hybridized carbons (Fsp3) is 0.806. The minimum atomic E-state index is -3.09. The van der Waals surface area contributed by atoms with Crippen molar-refractivity contribution in [1.82, 2.24) is 0 Å².